The number of pyridine rings is 1. The summed E-state index contributed by atoms with van der Waals surface area (Å²) in [6.07, 6.45) is -0.563. The van der Waals surface area contributed by atoms with Crippen LogP contribution in [-0.4, -0.2) is 34.7 Å². The van der Waals surface area contributed by atoms with E-state index in [9.17, 15) is 15.2 Å². The summed E-state index contributed by atoms with van der Waals surface area (Å²) in [7, 11) is 1.67. The second-order valence-corrected chi connectivity index (χ2v) is 3.78. The summed E-state index contributed by atoms with van der Waals surface area (Å²) in [6.45, 7) is 3.69. The molecule has 1 aromatic heterocycles. The molecule has 0 fully saturated rings. The zero-order valence-electron chi connectivity index (χ0n) is 9.54. The molecule has 0 aliphatic carbocycles. The minimum Gasteiger partial charge on any atom is -0.392 e. The van der Waals surface area contributed by atoms with E-state index >= 15 is 0 Å². The third-order valence-electron chi connectivity index (χ3n) is 2.09. The molecule has 1 rings (SSSR count). The molecule has 0 saturated carbocycles. The fourth-order valence-electron chi connectivity index (χ4n) is 1.44. The van der Waals surface area contributed by atoms with Gasteiger partial charge in [0, 0.05) is 25.4 Å². The van der Waals surface area contributed by atoms with Crippen molar-refractivity contribution in [2.24, 2.45) is 0 Å². The lowest BCUT2D eigenvalue weighted by Crippen LogP contribution is -2.28. The van der Waals surface area contributed by atoms with Gasteiger partial charge in [-0.05, 0) is 19.9 Å². The summed E-state index contributed by atoms with van der Waals surface area (Å²) in [5.41, 5.74) is 0.659. The van der Waals surface area contributed by atoms with Crippen molar-refractivity contribution in [2.45, 2.75) is 20.0 Å². The number of aryl methyl sites for hydroxylation is 1. The SMILES string of the molecule is Cc1ccc([N+](=O)[O-])c(N(C)CC(C)O)n1. The van der Waals surface area contributed by atoms with E-state index in [-0.39, 0.29) is 11.5 Å². The van der Waals surface area contributed by atoms with Crippen LogP contribution in [0.4, 0.5) is 11.5 Å². The molecule has 0 aliphatic rings. The van der Waals surface area contributed by atoms with Crippen molar-refractivity contribution in [2.75, 3.05) is 18.5 Å². The number of hydrogen-bond acceptors (Lipinski definition) is 5. The number of nitro groups is 1. The average Bonchev–Trinajstić information content (AvgIpc) is 2.15. The second kappa shape index (κ2) is 4.89. The van der Waals surface area contributed by atoms with E-state index in [1.54, 1.807) is 31.9 Å². The summed E-state index contributed by atoms with van der Waals surface area (Å²) < 4.78 is 0. The lowest BCUT2D eigenvalue weighted by Gasteiger charge is -2.19. The Morgan fingerprint density at radius 1 is 1.62 bits per heavy atom. The number of likely N-dealkylation sites (N-methyl/N-ethyl adjacent to an activating group) is 1. The molecule has 0 aromatic carbocycles. The van der Waals surface area contributed by atoms with Gasteiger partial charge >= 0.3 is 5.69 Å². The average molecular weight is 225 g/mol. The van der Waals surface area contributed by atoms with E-state index in [0.29, 0.717) is 12.2 Å². The summed E-state index contributed by atoms with van der Waals surface area (Å²) in [6, 6.07) is 3.02. The third kappa shape index (κ3) is 2.90. The van der Waals surface area contributed by atoms with Gasteiger partial charge in [0.2, 0.25) is 5.82 Å². The molecule has 6 heteroatoms. The van der Waals surface area contributed by atoms with Crippen LogP contribution in [0.1, 0.15) is 12.6 Å². The summed E-state index contributed by atoms with van der Waals surface area (Å²) in [5.74, 6) is 0.283. The Morgan fingerprint density at radius 3 is 2.75 bits per heavy atom. The van der Waals surface area contributed by atoms with Crippen LogP contribution in [0.25, 0.3) is 0 Å². The van der Waals surface area contributed by atoms with Crippen LogP contribution in [0.15, 0.2) is 12.1 Å². The van der Waals surface area contributed by atoms with Gasteiger partial charge in [-0.1, -0.05) is 0 Å². The Bertz CT molecular complexity index is 393. The summed E-state index contributed by atoms with van der Waals surface area (Å²) >= 11 is 0. The highest BCUT2D eigenvalue weighted by Gasteiger charge is 2.19. The molecule has 0 radical (unpaired) electrons. The Balaban J connectivity index is 3.09. The number of aliphatic hydroxyl groups excluding tert-OH is 1. The second-order valence-electron chi connectivity index (χ2n) is 3.78. The topological polar surface area (TPSA) is 79.5 Å². The standard InChI is InChI=1S/C10H15N3O3/c1-7-4-5-9(13(15)16)10(11-7)12(3)6-8(2)14/h4-5,8,14H,6H2,1-3H3. The van der Waals surface area contributed by atoms with Crippen LogP contribution in [0.3, 0.4) is 0 Å². The maximum Gasteiger partial charge on any atom is 0.311 e. The van der Waals surface area contributed by atoms with Gasteiger partial charge in [0.1, 0.15) is 0 Å². The fourth-order valence-corrected chi connectivity index (χ4v) is 1.44. The Hall–Kier alpha value is -1.69. The first-order valence-electron chi connectivity index (χ1n) is 4.93. The lowest BCUT2D eigenvalue weighted by atomic mass is 10.3. The predicted octanol–water partition coefficient (Wildman–Crippen LogP) is 1.12. The molecule has 0 saturated heterocycles. The molecule has 1 N–H and O–H groups in total. The van der Waals surface area contributed by atoms with Crippen molar-refractivity contribution < 1.29 is 10.0 Å². The van der Waals surface area contributed by atoms with E-state index in [1.807, 2.05) is 0 Å². The molecule has 0 aliphatic heterocycles. The van der Waals surface area contributed by atoms with Crippen LogP contribution < -0.4 is 4.90 Å². The van der Waals surface area contributed by atoms with Gasteiger partial charge in [0.15, 0.2) is 0 Å². The highest BCUT2D eigenvalue weighted by Crippen LogP contribution is 2.24. The Kier molecular flexibility index (Phi) is 3.78. The van der Waals surface area contributed by atoms with Crippen LogP contribution in [0, 0.1) is 17.0 Å². The molecule has 1 aromatic rings. The molecule has 16 heavy (non-hydrogen) atoms. The van der Waals surface area contributed by atoms with Crippen molar-refractivity contribution in [3.05, 3.63) is 27.9 Å². The zero-order valence-corrected chi connectivity index (χ0v) is 9.54. The van der Waals surface area contributed by atoms with Gasteiger partial charge < -0.3 is 10.0 Å². The molecule has 1 atom stereocenters. The predicted molar refractivity (Wildman–Crippen MR) is 60.6 cm³/mol. The van der Waals surface area contributed by atoms with E-state index in [1.165, 1.54) is 6.07 Å². The van der Waals surface area contributed by atoms with Gasteiger partial charge in [-0.15, -0.1) is 0 Å². The van der Waals surface area contributed by atoms with Crippen molar-refractivity contribution in [3.63, 3.8) is 0 Å². The normalized spacial score (nSPS) is 12.2. The third-order valence-corrected chi connectivity index (χ3v) is 2.09. The summed E-state index contributed by atoms with van der Waals surface area (Å²) in [5, 5.41) is 20.0. The van der Waals surface area contributed by atoms with Crippen molar-refractivity contribution in [3.8, 4) is 0 Å². The highest BCUT2D eigenvalue weighted by molar-refractivity contribution is 5.57. The maximum atomic E-state index is 10.8. The minimum absolute atomic E-state index is 0.0475. The smallest absolute Gasteiger partial charge is 0.311 e. The molecule has 0 spiro atoms. The van der Waals surface area contributed by atoms with E-state index in [2.05, 4.69) is 4.98 Å². The van der Waals surface area contributed by atoms with Crippen LogP contribution >= 0.6 is 0 Å². The highest BCUT2D eigenvalue weighted by atomic mass is 16.6. The van der Waals surface area contributed by atoms with Gasteiger partial charge in [-0.3, -0.25) is 10.1 Å². The van der Waals surface area contributed by atoms with Crippen molar-refractivity contribution >= 4 is 11.5 Å². The minimum atomic E-state index is -0.563. The molecule has 1 heterocycles. The summed E-state index contributed by atoms with van der Waals surface area (Å²) in [4.78, 5) is 16.0. The molecule has 88 valence electrons. The maximum absolute atomic E-state index is 10.8. The number of nitrogens with zero attached hydrogens (tertiary/aromatic N) is 3. The Labute approximate surface area is 93.7 Å². The quantitative estimate of drug-likeness (QED) is 0.613. The van der Waals surface area contributed by atoms with Crippen molar-refractivity contribution in [1.82, 2.24) is 4.98 Å². The molecular formula is C10H15N3O3. The number of anilines is 1. The molecule has 0 amide bonds. The number of aromatic nitrogens is 1. The molecule has 1 unspecified atom stereocenters. The number of rotatable bonds is 4. The number of hydrogen-bond donors (Lipinski definition) is 1. The fraction of sp³-hybridized carbons (Fsp3) is 0.500. The van der Waals surface area contributed by atoms with Crippen LogP contribution in [-0.2, 0) is 0 Å². The largest absolute Gasteiger partial charge is 0.392 e. The van der Waals surface area contributed by atoms with Crippen LogP contribution in [0.5, 0.6) is 0 Å². The van der Waals surface area contributed by atoms with E-state index in [4.69, 9.17) is 0 Å². The number of aliphatic hydroxyl groups is 1. The van der Waals surface area contributed by atoms with Crippen LogP contribution in [0.2, 0.25) is 0 Å². The van der Waals surface area contributed by atoms with Gasteiger partial charge in [0.25, 0.3) is 0 Å². The van der Waals surface area contributed by atoms with Gasteiger partial charge in [-0.2, -0.15) is 0 Å². The first-order chi connectivity index (χ1) is 7.41. The van der Waals surface area contributed by atoms with Gasteiger partial charge in [0.05, 0.1) is 11.0 Å². The first-order valence-corrected chi connectivity index (χ1v) is 4.93. The monoisotopic (exact) mass is 225 g/mol. The Morgan fingerprint density at radius 2 is 2.25 bits per heavy atom. The molecule has 0 bridgehead atoms. The zero-order chi connectivity index (χ0) is 12.3. The molecule has 6 nitrogen and oxygen atoms in total. The van der Waals surface area contributed by atoms with E-state index in [0.717, 1.165) is 0 Å². The first kappa shape index (κ1) is 12.4. The van der Waals surface area contributed by atoms with Crippen molar-refractivity contribution in [1.29, 1.82) is 0 Å². The van der Waals surface area contributed by atoms with E-state index < -0.39 is 11.0 Å². The molecular weight excluding hydrogens is 210 g/mol. The van der Waals surface area contributed by atoms with Gasteiger partial charge in [-0.25, -0.2) is 4.98 Å². The lowest BCUT2D eigenvalue weighted by molar-refractivity contribution is -0.384.